The van der Waals surface area contributed by atoms with Crippen molar-refractivity contribution in [2.24, 2.45) is 0 Å². The predicted octanol–water partition coefficient (Wildman–Crippen LogP) is 3.37. The number of para-hydroxylation sites is 1. The van der Waals surface area contributed by atoms with E-state index < -0.39 is 0 Å². The molecule has 2 aromatic carbocycles. The van der Waals surface area contributed by atoms with Gasteiger partial charge in [-0.3, -0.25) is 0 Å². The first kappa shape index (κ1) is 13.8. The normalized spacial score (nSPS) is 10.0. The Labute approximate surface area is 128 Å². The highest BCUT2D eigenvalue weighted by molar-refractivity contribution is 5.58. The summed E-state index contributed by atoms with van der Waals surface area (Å²) in [6, 6.07) is 17.3. The standard InChI is InChI=1S/C16H15N5O/c1-22-14-9-5-8-13(10-14)20-16-18-11-17-15(21-16)19-12-6-3-2-4-7-12/h2-11H,1H3,(H2,17,18,19,20,21). The Bertz CT molecular complexity index is 748. The van der Waals surface area contributed by atoms with E-state index in [0.29, 0.717) is 11.9 Å². The molecule has 6 heteroatoms. The largest absolute Gasteiger partial charge is 0.497 e. The van der Waals surface area contributed by atoms with Crippen molar-refractivity contribution in [1.29, 1.82) is 0 Å². The van der Waals surface area contributed by atoms with Gasteiger partial charge in [0.25, 0.3) is 0 Å². The van der Waals surface area contributed by atoms with Crippen molar-refractivity contribution < 1.29 is 4.74 Å². The Hall–Kier alpha value is -3.15. The summed E-state index contributed by atoms with van der Waals surface area (Å²) in [5.41, 5.74) is 1.76. The summed E-state index contributed by atoms with van der Waals surface area (Å²) < 4.78 is 5.19. The molecule has 0 unspecified atom stereocenters. The van der Waals surface area contributed by atoms with Crippen LogP contribution in [-0.4, -0.2) is 22.1 Å². The van der Waals surface area contributed by atoms with Crippen LogP contribution in [0.4, 0.5) is 23.3 Å². The van der Waals surface area contributed by atoms with Crippen LogP contribution in [-0.2, 0) is 0 Å². The smallest absolute Gasteiger partial charge is 0.232 e. The van der Waals surface area contributed by atoms with E-state index in [1.54, 1.807) is 7.11 Å². The van der Waals surface area contributed by atoms with Crippen molar-refractivity contribution in [1.82, 2.24) is 15.0 Å². The molecule has 0 bridgehead atoms. The van der Waals surface area contributed by atoms with E-state index in [9.17, 15) is 0 Å². The second-order valence-electron chi connectivity index (χ2n) is 4.48. The molecule has 0 atom stereocenters. The zero-order valence-corrected chi connectivity index (χ0v) is 12.0. The third-order valence-corrected chi connectivity index (χ3v) is 2.93. The average molecular weight is 293 g/mol. The lowest BCUT2D eigenvalue weighted by Gasteiger charge is -2.08. The summed E-state index contributed by atoms with van der Waals surface area (Å²) in [4.78, 5) is 12.6. The first-order valence-corrected chi connectivity index (χ1v) is 6.76. The summed E-state index contributed by atoms with van der Waals surface area (Å²) >= 11 is 0. The maximum atomic E-state index is 5.19. The van der Waals surface area contributed by atoms with E-state index in [1.807, 2.05) is 54.6 Å². The highest BCUT2D eigenvalue weighted by atomic mass is 16.5. The van der Waals surface area contributed by atoms with Gasteiger partial charge in [0, 0.05) is 17.4 Å². The average Bonchev–Trinajstić information content (AvgIpc) is 2.56. The minimum atomic E-state index is 0.460. The molecule has 1 aromatic heterocycles. The van der Waals surface area contributed by atoms with Crippen molar-refractivity contribution in [3.63, 3.8) is 0 Å². The minimum absolute atomic E-state index is 0.460. The highest BCUT2D eigenvalue weighted by Crippen LogP contribution is 2.20. The van der Waals surface area contributed by atoms with Gasteiger partial charge in [0.2, 0.25) is 11.9 Å². The Morgan fingerprint density at radius 2 is 1.50 bits per heavy atom. The molecular weight excluding hydrogens is 278 g/mol. The van der Waals surface area contributed by atoms with Crippen LogP contribution in [0.1, 0.15) is 0 Å². The van der Waals surface area contributed by atoms with E-state index in [2.05, 4.69) is 25.6 Å². The van der Waals surface area contributed by atoms with Crippen molar-refractivity contribution in [2.75, 3.05) is 17.7 Å². The fourth-order valence-electron chi connectivity index (χ4n) is 1.90. The molecule has 110 valence electrons. The number of benzene rings is 2. The molecule has 0 amide bonds. The van der Waals surface area contributed by atoms with Crippen LogP contribution < -0.4 is 15.4 Å². The molecule has 2 N–H and O–H groups in total. The first-order chi connectivity index (χ1) is 10.8. The number of ether oxygens (including phenoxy) is 1. The zero-order valence-electron chi connectivity index (χ0n) is 12.0. The van der Waals surface area contributed by atoms with Crippen LogP contribution in [0, 0.1) is 0 Å². The van der Waals surface area contributed by atoms with Crippen LogP contribution >= 0.6 is 0 Å². The van der Waals surface area contributed by atoms with E-state index in [1.165, 1.54) is 6.33 Å². The van der Waals surface area contributed by atoms with E-state index >= 15 is 0 Å². The van der Waals surface area contributed by atoms with Crippen LogP contribution in [0.15, 0.2) is 60.9 Å². The zero-order chi connectivity index (χ0) is 15.2. The molecule has 0 aliphatic heterocycles. The van der Waals surface area contributed by atoms with Gasteiger partial charge in [-0.2, -0.15) is 4.98 Å². The maximum absolute atomic E-state index is 5.19. The quantitative estimate of drug-likeness (QED) is 0.751. The van der Waals surface area contributed by atoms with Crippen LogP contribution in [0.3, 0.4) is 0 Å². The van der Waals surface area contributed by atoms with Crippen molar-refractivity contribution in [3.05, 3.63) is 60.9 Å². The van der Waals surface area contributed by atoms with Crippen molar-refractivity contribution in [2.45, 2.75) is 0 Å². The number of aromatic nitrogens is 3. The second-order valence-corrected chi connectivity index (χ2v) is 4.48. The summed E-state index contributed by atoms with van der Waals surface area (Å²) in [6.45, 7) is 0. The lowest BCUT2D eigenvalue weighted by molar-refractivity contribution is 0.415. The Morgan fingerprint density at radius 3 is 2.23 bits per heavy atom. The topological polar surface area (TPSA) is 72.0 Å². The minimum Gasteiger partial charge on any atom is -0.497 e. The molecule has 0 aliphatic rings. The lowest BCUT2D eigenvalue weighted by Crippen LogP contribution is -2.02. The van der Waals surface area contributed by atoms with Gasteiger partial charge in [-0.1, -0.05) is 24.3 Å². The Morgan fingerprint density at radius 1 is 0.818 bits per heavy atom. The van der Waals surface area contributed by atoms with Gasteiger partial charge >= 0.3 is 0 Å². The van der Waals surface area contributed by atoms with Crippen LogP contribution in [0.2, 0.25) is 0 Å². The molecule has 0 saturated carbocycles. The van der Waals surface area contributed by atoms with Gasteiger partial charge in [-0.05, 0) is 24.3 Å². The Balaban J connectivity index is 1.76. The number of rotatable bonds is 5. The molecule has 22 heavy (non-hydrogen) atoms. The van der Waals surface area contributed by atoms with Crippen LogP contribution in [0.5, 0.6) is 5.75 Å². The Kier molecular flexibility index (Phi) is 4.10. The monoisotopic (exact) mass is 293 g/mol. The maximum Gasteiger partial charge on any atom is 0.232 e. The summed E-state index contributed by atoms with van der Waals surface area (Å²) in [6.07, 6.45) is 1.46. The fourth-order valence-corrected chi connectivity index (χ4v) is 1.90. The second kappa shape index (κ2) is 6.53. The molecule has 0 aliphatic carbocycles. The summed E-state index contributed by atoms with van der Waals surface area (Å²) in [7, 11) is 1.63. The van der Waals surface area contributed by atoms with Gasteiger partial charge in [0.1, 0.15) is 12.1 Å². The van der Waals surface area contributed by atoms with Crippen molar-refractivity contribution in [3.8, 4) is 5.75 Å². The third-order valence-electron chi connectivity index (χ3n) is 2.93. The number of nitrogens with zero attached hydrogens (tertiary/aromatic N) is 3. The van der Waals surface area contributed by atoms with Gasteiger partial charge in [0.15, 0.2) is 0 Å². The molecule has 6 nitrogen and oxygen atoms in total. The van der Waals surface area contributed by atoms with Gasteiger partial charge in [-0.15, -0.1) is 0 Å². The first-order valence-electron chi connectivity index (χ1n) is 6.76. The number of hydrogen-bond acceptors (Lipinski definition) is 6. The number of anilines is 4. The molecule has 0 spiro atoms. The third kappa shape index (κ3) is 3.49. The van der Waals surface area contributed by atoms with E-state index in [0.717, 1.165) is 17.1 Å². The van der Waals surface area contributed by atoms with Gasteiger partial charge in [-0.25, -0.2) is 9.97 Å². The molecule has 0 saturated heterocycles. The molecular formula is C16H15N5O. The highest BCUT2D eigenvalue weighted by Gasteiger charge is 2.03. The number of hydrogen-bond donors (Lipinski definition) is 2. The molecule has 3 rings (SSSR count). The summed E-state index contributed by atoms with van der Waals surface area (Å²) in [5.74, 6) is 1.70. The molecule has 1 heterocycles. The fraction of sp³-hybridized carbons (Fsp3) is 0.0625. The molecule has 0 radical (unpaired) electrons. The molecule has 3 aromatic rings. The number of nitrogens with one attached hydrogen (secondary N) is 2. The SMILES string of the molecule is COc1cccc(Nc2ncnc(Nc3ccccc3)n2)c1. The van der Waals surface area contributed by atoms with Crippen molar-refractivity contribution >= 4 is 23.3 Å². The van der Waals surface area contributed by atoms with Gasteiger partial charge < -0.3 is 15.4 Å². The van der Waals surface area contributed by atoms with Crippen LogP contribution in [0.25, 0.3) is 0 Å². The lowest BCUT2D eigenvalue weighted by atomic mass is 10.3. The van der Waals surface area contributed by atoms with Gasteiger partial charge in [0.05, 0.1) is 7.11 Å². The molecule has 0 fully saturated rings. The predicted molar refractivity (Wildman–Crippen MR) is 85.8 cm³/mol. The number of methoxy groups -OCH3 is 1. The summed E-state index contributed by atoms with van der Waals surface area (Å²) in [5, 5.41) is 6.25. The van der Waals surface area contributed by atoms with E-state index in [-0.39, 0.29) is 0 Å². The van der Waals surface area contributed by atoms with E-state index in [4.69, 9.17) is 4.74 Å².